The van der Waals surface area contributed by atoms with E-state index in [-0.39, 0.29) is 0 Å². The van der Waals surface area contributed by atoms with Crippen LogP contribution in [-0.4, -0.2) is 28.8 Å². The number of rotatable bonds is 6. The first-order valence-corrected chi connectivity index (χ1v) is 13.7. The first-order chi connectivity index (χ1) is 11.8. The van der Waals surface area contributed by atoms with Crippen LogP contribution >= 0.6 is 0 Å². The second-order valence-electron chi connectivity index (χ2n) is 6.75. The number of nitrogens with zero attached hydrogens (tertiary/aromatic N) is 2. The van der Waals surface area contributed by atoms with E-state index >= 15 is 0 Å². The normalized spacial score (nSPS) is 13.3. The molecule has 0 aliphatic heterocycles. The highest BCUT2D eigenvalue weighted by Gasteiger charge is 2.38. The molecule has 0 saturated heterocycles. The fraction of sp³-hybridized carbons (Fsp3) is 0.222. The molecule has 0 radical (unpaired) electrons. The summed E-state index contributed by atoms with van der Waals surface area (Å²) in [6, 6.07) is 14.9. The topological polar surface area (TPSA) is 68.1 Å². The fourth-order valence-corrected chi connectivity index (χ4v) is 10.6. The van der Waals surface area contributed by atoms with Gasteiger partial charge in [0.2, 0.25) is 20.5 Å². The molecule has 25 heavy (non-hydrogen) atoms. The number of carbonyl (C=O) groups excluding carboxylic acids is 2. The Morgan fingerprint density at radius 3 is 1.60 bits per heavy atom. The minimum atomic E-state index is -2.58. The van der Waals surface area contributed by atoms with Gasteiger partial charge in [-0.15, -0.1) is 0 Å². The molecule has 2 aromatic carbocycles. The maximum Gasteiger partial charge on any atom is 0.242 e. The van der Waals surface area contributed by atoms with E-state index in [2.05, 4.69) is 36.2 Å². The van der Waals surface area contributed by atoms with Gasteiger partial charge in [-0.3, -0.25) is 0 Å². The third kappa shape index (κ3) is 4.79. The van der Waals surface area contributed by atoms with Crippen LogP contribution in [0.3, 0.4) is 0 Å². The lowest BCUT2D eigenvalue weighted by atomic mass is 10.3. The molecule has 0 aliphatic rings. The summed E-state index contributed by atoms with van der Waals surface area (Å²) < 4.78 is 6.66. The average molecular weight is 369 g/mol. The van der Waals surface area contributed by atoms with Crippen molar-refractivity contribution in [2.45, 2.75) is 26.2 Å². The largest absolute Gasteiger partial charge is 0.449 e. The summed E-state index contributed by atoms with van der Waals surface area (Å²) in [6.07, 6.45) is 3.15. The van der Waals surface area contributed by atoms with Gasteiger partial charge in [-0.1, -0.05) is 24.3 Å². The molecule has 0 N–H and O–H groups in total. The van der Waals surface area contributed by atoms with Gasteiger partial charge in [0.1, 0.15) is 0 Å². The van der Waals surface area contributed by atoms with Crippen molar-refractivity contribution >= 4 is 50.5 Å². The summed E-state index contributed by atoms with van der Waals surface area (Å²) in [6.45, 7) is 8.52. The molecule has 5 nitrogen and oxygen atoms in total. The Kier molecular flexibility index (Phi) is 5.79. The molecule has 128 valence electrons. The van der Waals surface area contributed by atoms with Crippen molar-refractivity contribution < 1.29 is 13.7 Å². The first-order valence-electron chi connectivity index (χ1n) is 7.85. The fourth-order valence-electron chi connectivity index (χ4n) is 2.75. The lowest BCUT2D eigenvalue weighted by Gasteiger charge is -2.35. The number of hydrogen-bond donors (Lipinski definition) is 0. The van der Waals surface area contributed by atoms with Crippen LogP contribution in [0.15, 0.2) is 58.5 Å². The molecule has 0 spiro atoms. The predicted octanol–water partition coefficient (Wildman–Crippen LogP) is 3.16. The Hall–Kier alpha value is -2.41. The van der Waals surface area contributed by atoms with Crippen LogP contribution in [-0.2, 0) is 13.7 Å². The van der Waals surface area contributed by atoms with Crippen LogP contribution in [0.4, 0.5) is 11.4 Å². The monoisotopic (exact) mass is 368 g/mol. The predicted molar refractivity (Wildman–Crippen MR) is 104 cm³/mol. The Balaban J connectivity index is 2.66. The van der Waals surface area contributed by atoms with Crippen LogP contribution in [0.5, 0.6) is 0 Å². The van der Waals surface area contributed by atoms with Crippen LogP contribution in [0.2, 0.25) is 26.2 Å². The summed E-state index contributed by atoms with van der Waals surface area (Å²) in [5, 5.41) is 2.00. The quantitative estimate of drug-likeness (QED) is 0.447. The third-order valence-electron chi connectivity index (χ3n) is 3.65. The van der Waals surface area contributed by atoms with E-state index in [0.717, 1.165) is 10.4 Å². The van der Waals surface area contributed by atoms with Gasteiger partial charge >= 0.3 is 0 Å². The molecular formula is C18H20N2O3Si2. The lowest BCUT2D eigenvalue weighted by molar-refractivity contribution is 0.564. The van der Waals surface area contributed by atoms with Crippen LogP contribution in [0.25, 0.3) is 0 Å². The van der Waals surface area contributed by atoms with E-state index in [9.17, 15) is 9.59 Å². The zero-order chi connectivity index (χ0) is 18.5. The van der Waals surface area contributed by atoms with Crippen molar-refractivity contribution in [2.75, 3.05) is 0 Å². The Morgan fingerprint density at radius 1 is 0.800 bits per heavy atom. The molecule has 2 aromatic rings. The molecule has 7 heteroatoms. The molecule has 0 bridgehead atoms. The van der Waals surface area contributed by atoms with E-state index in [1.165, 1.54) is 0 Å². The van der Waals surface area contributed by atoms with Gasteiger partial charge in [0.25, 0.3) is 0 Å². The molecule has 0 fully saturated rings. The van der Waals surface area contributed by atoms with Crippen LogP contribution in [0.1, 0.15) is 0 Å². The van der Waals surface area contributed by atoms with Crippen molar-refractivity contribution in [1.82, 2.24) is 0 Å². The van der Waals surface area contributed by atoms with Crippen LogP contribution in [0, 0.1) is 0 Å². The SMILES string of the molecule is C[Si](C)(C)O[Si](C)(c1cccc(N=C=O)c1)c1cccc(N=C=O)c1. The summed E-state index contributed by atoms with van der Waals surface area (Å²) >= 11 is 0. The molecule has 0 saturated carbocycles. The molecular weight excluding hydrogens is 348 g/mol. The number of aliphatic imine (C=N–C) groups is 2. The van der Waals surface area contributed by atoms with E-state index in [1.54, 1.807) is 24.3 Å². The molecule has 0 amide bonds. The van der Waals surface area contributed by atoms with Gasteiger partial charge in [-0.25, -0.2) is 9.59 Å². The highest BCUT2D eigenvalue weighted by atomic mass is 28.4. The van der Waals surface area contributed by atoms with Gasteiger partial charge in [0, 0.05) is 0 Å². The van der Waals surface area contributed by atoms with Gasteiger partial charge in [-0.05, 0) is 60.8 Å². The summed E-state index contributed by atoms with van der Waals surface area (Å²) in [7, 11) is -4.46. The number of benzene rings is 2. The Labute approximate surface area is 149 Å². The zero-order valence-electron chi connectivity index (χ0n) is 14.7. The van der Waals surface area contributed by atoms with Gasteiger partial charge < -0.3 is 4.12 Å². The smallest absolute Gasteiger partial charge is 0.242 e. The standard InChI is InChI=1S/C18H20N2O3Si2/c1-24(2,3)23-25(4,17-9-5-7-15(11-17)19-13-21)18-10-6-8-16(12-18)20-14-22/h5-12H,1-4H3. The minimum absolute atomic E-state index is 0.549. The molecule has 0 unspecified atom stereocenters. The number of hydrogen-bond acceptors (Lipinski definition) is 5. The Bertz CT molecular complexity index is 803. The summed E-state index contributed by atoms with van der Waals surface area (Å²) in [5.41, 5.74) is 1.10. The molecule has 0 atom stereocenters. The zero-order valence-corrected chi connectivity index (χ0v) is 16.7. The van der Waals surface area contributed by atoms with E-state index < -0.39 is 16.6 Å². The first kappa shape index (κ1) is 18.9. The second-order valence-corrected chi connectivity index (χ2v) is 15.0. The van der Waals surface area contributed by atoms with Crippen LogP contribution < -0.4 is 10.4 Å². The average Bonchev–Trinajstić information content (AvgIpc) is 2.54. The molecule has 0 heterocycles. The third-order valence-corrected chi connectivity index (χ3v) is 10.6. The van der Waals surface area contributed by atoms with Crippen molar-refractivity contribution in [3.63, 3.8) is 0 Å². The summed E-state index contributed by atoms with van der Waals surface area (Å²) in [4.78, 5) is 28.6. The minimum Gasteiger partial charge on any atom is -0.449 e. The highest BCUT2D eigenvalue weighted by Crippen LogP contribution is 2.20. The van der Waals surface area contributed by atoms with E-state index in [0.29, 0.717) is 11.4 Å². The van der Waals surface area contributed by atoms with Gasteiger partial charge in [0.15, 0.2) is 8.32 Å². The number of isocyanates is 2. The van der Waals surface area contributed by atoms with Gasteiger partial charge in [-0.2, -0.15) is 9.98 Å². The molecule has 0 aromatic heterocycles. The molecule has 2 rings (SSSR count). The highest BCUT2D eigenvalue weighted by molar-refractivity contribution is 7.01. The Morgan fingerprint density at radius 2 is 1.24 bits per heavy atom. The van der Waals surface area contributed by atoms with Crippen molar-refractivity contribution in [3.05, 3.63) is 48.5 Å². The summed E-state index contributed by atoms with van der Waals surface area (Å²) in [5.74, 6) is 0. The lowest BCUT2D eigenvalue weighted by Crippen LogP contribution is -2.62. The van der Waals surface area contributed by atoms with Crippen molar-refractivity contribution in [1.29, 1.82) is 0 Å². The maximum atomic E-state index is 10.6. The van der Waals surface area contributed by atoms with Gasteiger partial charge in [0.05, 0.1) is 11.4 Å². The second kappa shape index (κ2) is 7.65. The van der Waals surface area contributed by atoms with Crippen molar-refractivity contribution in [2.24, 2.45) is 9.98 Å². The molecule has 0 aliphatic carbocycles. The van der Waals surface area contributed by atoms with E-state index in [1.807, 2.05) is 36.4 Å². The maximum absolute atomic E-state index is 10.6. The van der Waals surface area contributed by atoms with Crippen molar-refractivity contribution in [3.8, 4) is 0 Å². The van der Waals surface area contributed by atoms with E-state index in [4.69, 9.17) is 4.12 Å².